The van der Waals surface area contributed by atoms with E-state index in [1.807, 2.05) is 23.1 Å². The van der Waals surface area contributed by atoms with Gasteiger partial charge in [0.15, 0.2) is 10.8 Å². The normalized spacial score (nSPS) is 12.0. The zero-order valence-corrected chi connectivity index (χ0v) is 17.4. The molecule has 0 atom stereocenters. The first-order chi connectivity index (χ1) is 12.4. The van der Waals surface area contributed by atoms with Gasteiger partial charge in [-0.2, -0.15) is 0 Å². The van der Waals surface area contributed by atoms with Gasteiger partial charge in [-0.3, -0.25) is 0 Å². The quantitative estimate of drug-likeness (QED) is 0.286. The Labute approximate surface area is 158 Å². The molecule has 26 heavy (non-hydrogen) atoms. The number of rotatable bonds is 7. The number of anilines is 1. The maximum Gasteiger partial charge on any atom is 0.189 e. The Morgan fingerprint density at radius 2 is 2.00 bits per heavy atom. The summed E-state index contributed by atoms with van der Waals surface area (Å²) in [5, 5.41) is 0.641. The van der Waals surface area contributed by atoms with Crippen LogP contribution < -0.4 is 5.73 Å². The van der Waals surface area contributed by atoms with Gasteiger partial charge in [0, 0.05) is 27.1 Å². The molecule has 3 rings (SSSR count). The van der Waals surface area contributed by atoms with E-state index in [9.17, 15) is 0 Å². The summed E-state index contributed by atoms with van der Waals surface area (Å²) in [5.74, 6) is 0.409. The molecule has 138 valence electrons. The van der Waals surface area contributed by atoms with Crippen LogP contribution in [0.5, 0.6) is 0 Å². The Balaban J connectivity index is 1.77. The molecular formula is C17H24N6OSSi. The van der Waals surface area contributed by atoms with E-state index < -0.39 is 8.07 Å². The Bertz CT molecular complexity index is 908. The second kappa shape index (κ2) is 7.73. The minimum absolute atomic E-state index is 0.409. The lowest BCUT2D eigenvalue weighted by atomic mass is 10.2. The summed E-state index contributed by atoms with van der Waals surface area (Å²) < 4.78 is 7.77. The SMILES string of the molecule is CSc1ncc(-c2cnc3c(ccn3COCC[Si](C)(C)C)n2)c(N)n1. The van der Waals surface area contributed by atoms with Gasteiger partial charge in [-0.15, -0.1) is 0 Å². The van der Waals surface area contributed by atoms with Crippen molar-refractivity contribution in [1.82, 2.24) is 24.5 Å². The third kappa shape index (κ3) is 4.40. The lowest BCUT2D eigenvalue weighted by Gasteiger charge is -2.15. The monoisotopic (exact) mass is 388 g/mol. The van der Waals surface area contributed by atoms with Crippen LogP contribution in [0.15, 0.2) is 29.8 Å². The fraction of sp³-hybridized carbons (Fsp3) is 0.412. The fourth-order valence-corrected chi connectivity index (χ4v) is 3.51. The van der Waals surface area contributed by atoms with E-state index in [1.54, 1.807) is 12.4 Å². The first-order valence-electron chi connectivity index (χ1n) is 8.44. The van der Waals surface area contributed by atoms with Crippen LogP contribution in [0.2, 0.25) is 25.7 Å². The van der Waals surface area contributed by atoms with E-state index in [1.165, 1.54) is 11.8 Å². The molecular weight excluding hydrogens is 364 g/mol. The lowest BCUT2D eigenvalue weighted by Crippen LogP contribution is -2.22. The Hall–Kier alpha value is -1.97. The summed E-state index contributed by atoms with van der Waals surface area (Å²) in [6.45, 7) is 8.28. The van der Waals surface area contributed by atoms with E-state index in [4.69, 9.17) is 10.5 Å². The van der Waals surface area contributed by atoms with E-state index in [0.717, 1.165) is 23.8 Å². The standard InChI is InChI=1S/C17H24N6OSSi/c1-25-17-20-9-12(15(18)22-17)14-10-19-16-13(21-14)5-6-23(16)11-24-7-8-26(2,3)4/h5-6,9-10H,7-8,11H2,1-4H3,(H2,18,20,22). The topological polar surface area (TPSA) is 91.7 Å². The fourth-order valence-electron chi connectivity index (χ4n) is 2.41. The zero-order chi connectivity index (χ0) is 18.7. The van der Waals surface area contributed by atoms with Crippen LogP contribution in [0.4, 0.5) is 5.82 Å². The number of aromatic nitrogens is 5. The second-order valence-corrected chi connectivity index (χ2v) is 13.6. The van der Waals surface area contributed by atoms with E-state index in [0.29, 0.717) is 29.0 Å². The van der Waals surface area contributed by atoms with Crippen molar-refractivity contribution in [2.45, 2.75) is 37.6 Å². The molecule has 0 bridgehead atoms. The first-order valence-corrected chi connectivity index (χ1v) is 13.4. The molecule has 0 aliphatic carbocycles. The van der Waals surface area contributed by atoms with Crippen LogP contribution in [0, 0.1) is 0 Å². The van der Waals surface area contributed by atoms with Crippen molar-refractivity contribution in [3.8, 4) is 11.3 Å². The van der Waals surface area contributed by atoms with Crippen LogP contribution in [0.25, 0.3) is 22.4 Å². The maximum absolute atomic E-state index is 6.04. The van der Waals surface area contributed by atoms with Crippen LogP contribution in [0.1, 0.15) is 0 Å². The summed E-state index contributed by atoms with van der Waals surface area (Å²) in [4.78, 5) is 17.7. The molecule has 0 aliphatic rings. The number of nitrogen functional groups attached to an aromatic ring is 1. The summed E-state index contributed by atoms with van der Waals surface area (Å²) in [6, 6.07) is 3.08. The highest BCUT2D eigenvalue weighted by atomic mass is 32.2. The molecule has 0 amide bonds. The molecule has 0 fully saturated rings. The minimum Gasteiger partial charge on any atom is -0.383 e. The van der Waals surface area contributed by atoms with Crippen molar-refractivity contribution in [1.29, 1.82) is 0 Å². The lowest BCUT2D eigenvalue weighted by molar-refractivity contribution is 0.0899. The minimum atomic E-state index is -1.08. The van der Waals surface area contributed by atoms with E-state index >= 15 is 0 Å². The number of nitrogens with two attached hydrogens (primary N) is 1. The van der Waals surface area contributed by atoms with Gasteiger partial charge in [0.25, 0.3) is 0 Å². The molecule has 3 aromatic rings. The summed E-state index contributed by atoms with van der Waals surface area (Å²) in [5.41, 5.74) is 8.99. The summed E-state index contributed by atoms with van der Waals surface area (Å²) in [6.07, 6.45) is 7.25. The molecule has 0 aliphatic heterocycles. The third-order valence-corrected chi connectivity index (χ3v) is 6.21. The number of fused-ring (bicyclic) bond motifs is 1. The molecule has 3 aromatic heterocycles. The molecule has 9 heteroatoms. The smallest absolute Gasteiger partial charge is 0.189 e. The van der Waals surface area contributed by atoms with Gasteiger partial charge in [0.2, 0.25) is 0 Å². The molecule has 2 N–H and O–H groups in total. The Kier molecular flexibility index (Phi) is 5.59. The van der Waals surface area contributed by atoms with E-state index in [2.05, 4.69) is 39.6 Å². The molecule has 7 nitrogen and oxygen atoms in total. The average Bonchev–Trinajstić information content (AvgIpc) is 3.00. The second-order valence-electron chi connectivity index (χ2n) is 7.25. The van der Waals surface area contributed by atoms with Crippen molar-refractivity contribution >= 4 is 36.8 Å². The molecule has 3 heterocycles. The van der Waals surface area contributed by atoms with Gasteiger partial charge in [-0.1, -0.05) is 31.4 Å². The number of thioether (sulfide) groups is 1. The molecule has 0 saturated heterocycles. The van der Waals surface area contributed by atoms with Crippen molar-refractivity contribution in [3.05, 3.63) is 24.7 Å². The average molecular weight is 389 g/mol. The van der Waals surface area contributed by atoms with Crippen molar-refractivity contribution < 1.29 is 4.74 Å². The van der Waals surface area contributed by atoms with Crippen LogP contribution >= 0.6 is 11.8 Å². The van der Waals surface area contributed by atoms with Crippen LogP contribution in [0.3, 0.4) is 0 Å². The van der Waals surface area contributed by atoms with E-state index in [-0.39, 0.29) is 0 Å². The number of hydrogen-bond donors (Lipinski definition) is 1. The van der Waals surface area contributed by atoms with Gasteiger partial charge < -0.3 is 15.0 Å². The van der Waals surface area contributed by atoms with Gasteiger partial charge in [-0.05, 0) is 18.4 Å². The zero-order valence-electron chi connectivity index (χ0n) is 15.6. The maximum atomic E-state index is 6.04. The first kappa shape index (κ1) is 18.8. The van der Waals surface area contributed by atoms with Crippen molar-refractivity contribution in [2.75, 3.05) is 18.6 Å². The highest BCUT2D eigenvalue weighted by molar-refractivity contribution is 7.98. The predicted molar refractivity (Wildman–Crippen MR) is 109 cm³/mol. The van der Waals surface area contributed by atoms with Crippen molar-refractivity contribution in [3.63, 3.8) is 0 Å². The Morgan fingerprint density at radius 1 is 1.19 bits per heavy atom. The van der Waals surface area contributed by atoms with Crippen LogP contribution in [-0.2, 0) is 11.5 Å². The van der Waals surface area contributed by atoms with Gasteiger partial charge in [0.05, 0.1) is 17.5 Å². The summed E-state index contributed by atoms with van der Waals surface area (Å²) in [7, 11) is -1.08. The largest absolute Gasteiger partial charge is 0.383 e. The molecule has 0 spiro atoms. The number of nitrogens with zero attached hydrogens (tertiary/aromatic N) is 5. The highest BCUT2D eigenvalue weighted by Crippen LogP contribution is 2.25. The highest BCUT2D eigenvalue weighted by Gasteiger charge is 2.13. The van der Waals surface area contributed by atoms with Gasteiger partial charge in [0.1, 0.15) is 18.1 Å². The molecule has 0 saturated carbocycles. The molecule has 0 radical (unpaired) electrons. The number of hydrogen-bond acceptors (Lipinski definition) is 7. The van der Waals surface area contributed by atoms with Crippen LogP contribution in [-0.4, -0.2) is 45.4 Å². The van der Waals surface area contributed by atoms with Crippen molar-refractivity contribution in [2.24, 2.45) is 0 Å². The predicted octanol–water partition coefficient (Wildman–Crippen LogP) is 3.50. The molecule has 0 unspecified atom stereocenters. The molecule has 0 aromatic carbocycles. The number of ether oxygens (including phenoxy) is 1. The van der Waals surface area contributed by atoms with Gasteiger partial charge >= 0.3 is 0 Å². The Morgan fingerprint density at radius 3 is 2.69 bits per heavy atom. The summed E-state index contributed by atoms with van der Waals surface area (Å²) >= 11 is 1.45. The third-order valence-electron chi connectivity index (χ3n) is 3.94. The van der Waals surface area contributed by atoms with Gasteiger partial charge in [-0.25, -0.2) is 19.9 Å².